The van der Waals surface area contributed by atoms with Gasteiger partial charge in [0.2, 0.25) is 0 Å². The molecule has 4 nitrogen and oxygen atoms in total. The van der Waals surface area contributed by atoms with Gasteiger partial charge in [-0.25, -0.2) is 0 Å². The Hall–Kier alpha value is -1.55. The second-order valence-electron chi connectivity index (χ2n) is 5.51. The van der Waals surface area contributed by atoms with Crippen LogP contribution in [0.2, 0.25) is 0 Å². The number of ether oxygens (including phenoxy) is 2. The molecule has 0 amide bonds. The highest BCUT2D eigenvalue weighted by Gasteiger charge is 2.26. The van der Waals surface area contributed by atoms with Crippen LogP contribution in [-0.4, -0.2) is 32.3 Å². The van der Waals surface area contributed by atoms with E-state index in [0.29, 0.717) is 0 Å². The lowest BCUT2D eigenvalue weighted by atomic mass is 9.97. The second kappa shape index (κ2) is 8.67. The van der Waals surface area contributed by atoms with Gasteiger partial charge in [0.1, 0.15) is 11.8 Å². The van der Waals surface area contributed by atoms with Gasteiger partial charge in [-0.1, -0.05) is 32.4 Å². The fourth-order valence-electron chi connectivity index (χ4n) is 2.31. The predicted molar refractivity (Wildman–Crippen MR) is 84.6 cm³/mol. The minimum atomic E-state index is -0.256. The van der Waals surface area contributed by atoms with Gasteiger partial charge in [-0.15, -0.1) is 0 Å². The molecule has 1 aromatic carbocycles. The molecule has 21 heavy (non-hydrogen) atoms. The van der Waals surface area contributed by atoms with Gasteiger partial charge in [0.05, 0.1) is 14.2 Å². The summed E-state index contributed by atoms with van der Waals surface area (Å²) in [5.74, 6) is 0.910. The van der Waals surface area contributed by atoms with Crippen LogP contribution in [-0.2, 0) is 16.0 Å². The van der Waals surface area contributed by atoms with Gasteiger partial charge < -0.3 is 14.8 Å². The van der Waals surface area contributed by atoms with Crippen LogP contribution in [0.15, 0.2) is 24.3 Å². The van der Waals surface area contributed by atoms with Gasteiger partial charge in [0.15, 0.2) is 0 Å². The fraction of sp³-hybridized carbons (Fsp3) is 0.588. The summed E-state index contributed by atoms with van der Waals surface area (Å²) in [6.45, 7) is 6.23. The van der Waals surface area contributed by atoms with Gasteiger partial charge in [-0.3, -0.25) is 4.79 Å². The highest BCUT2D eigenvalue weighted by molar-refractivity contribution is 5.76. The van der Waals surface area contributed by atoms with Crippen molar-refractivity contribution < 1.29 is 14.3 Å². The third-order valence-corrected chi connectivity index (χ3v) is 3.83. The molecule has 3 atom stereocenters. The first-order valence-corrected chi connectivity index (χ1v) is 7.48. The Labute approximate surface area is 127 Å². The predicted octanol–water partition coefficient (Wildman–Crippen LogP) is 2.80. The van der Waals surface area contributed by atoms with E-state index in [0.717, 1.165) is 18.6 Å². The number of hydrogen-bond acceptors (Lipinski definition) is 4. The molecule has 4 heteroatoms. The summed E-state index contributed by atoms with van der Waals surface area (Å²) in [6.07, 6.45) is 1.79. The lowest BCUT2D eigenvalue weighted by molar-refractivity contribution is -0.144. The van der Waals surface area contributed by atoms with Crippen LogP contribution in [0.25, 0.3) is 0 Å². The molecule has 0 saturated carbocycles. The Morgan fingerprint density at radius 3 is 2.29 bits per heavy atom. The zero-order valence-corrected chi connectivity index (χ0v) is 13.7. The molecule has 0 spiro atoms. The highest BCUT2D eigenvalue weighted by Crippen LogP contribution is 2.14. The van der Waals surface area contributed by atoms with E-state index < -0.39 is 0 Å². The summed E-state index contributed by atoms with van der Waals surface area (Å²) >= 11 is 0. The third kappa shape index (κ3) is 5.38. The Bertz CT molecular complexity index is 430. The van der Waals surface area contributed by atoms with E-state index in [1.165, 1.54) is 12.7 Å². The van der Waals surface area contributed by atoms with Crippen LogP contribution in [0.5, 0.6) is 5.75 Å². The number of carbonyl (C=O) groups is 1. The summed E-state index contributed by atoms with van der Waals surface area (Å²) in [6, 6.07) is 7.94. The van der Waals surface area contributed by atoms with E-state index in [9.17, 15) is 4.79 Å². The maximum Gasteiger partial charge on any atom is 0.323 e. The topological polar surface area (TPSA) is 47.6 Å². The number of methoxy groups -OCH3 is 2. The molecule has 118 valence electrons. The molecule has 0 aliphatic heterocycles. The molecule has 0 heterocycles. The lowest BCUT2D eigenvalue weighted by Crippen LogP contribution is -2.47. The van der Waals surface area contributed by atoms with Crippen molar-refractivity contribution in [2.24, 2.45) is 5.92 Å². The number of carbonyl (C=O) groups excluding carboxylic acids is 1. The Kier molecular flexibility index (Phi) is 7.23. The molecule has 0 aliphatic rings. The summed E-state index contributed by atoms with van der Waals surface area (Å²) in [7, 11) is 3.10. The van der Waals surface area contributed by atoms with Crippen molar-refractivity contribution in [3.8, 4) is 5.75 Å². The van der Waals surface area contributed by atoms with E-state index in [-0.39, 0.29) is 24.0 Å². The maximum atomic E-state index is 11.9. The van der Waals surface area contributed by atoms with Crippen LogP contribution in [0.3, 0.4) is 0 Å². The molecule has 0 fully saturated rings. The minimum absolute atomic E-state index is 0.189. The molecule has 0 saturated heterocycles. The summed E-state index contributed by atoms with van der Waals surface area (Å²) in [4.78, 5) is 11.9. The van der Waals surface area contributed by atoms with Crippen LogP contribution in [0.4, 0.5) is 0 Å². The number of benzene rings is 1. The summed E-state index contributed by atoms with van der Waals surface area (Å²) < 4.78 is 10.1. The Morgan fingerprint density at radius 1 is 1.19 bits per heavy atom. The van der Waals surface area contributed by atoms with Crippen molar-refractivity contribution in [2.45, 2.75) is 45.7 Å². The van der Waals surface area contributed by atoms with E-state index in [1.807, 2.05) is 24.3 Å². The van der Waals surface area contributed by atoms with E-state index in [1.54, 1.807) is 7.11 Å². The van der Waals surface area contributed by atoms with Crippen molar-refractivity contribution in [2.75, 3.05) is 14.2 Å². The molecule has 0 bridgehead atoms. The third-order valence-electron chi connectivity index (χ3n) is 3.83. The van der Waals surface area contributed by atoms with E-state index >= 15 is 0 Å². The zero-order valence-electron chi connectivity index (χ0n) is 13.7. The number of hydrogen-bond donors (Lipinski definition) is 1. The largest absolute Gasteiger partial charge is 0.497 e. The Balaban J connectivity index is 2.63. The van der Waals surface area contributed by atoms with Crippen molar-refractivity contribution in [3.05, 3.63) is 29.8 Å². The zero-order chi connectivity index (χ0) is 15.8. The van der Waals surface area contributed by atoms with Crippen LogP contribution in [0, 0.1) is 5.92 Å². The second-order valence-corrected chi connectivity index (χ2v) is 5.51. The van der Waals surface area contributed by atoms with Gasteiger partial charge >= 0.3 is 5.97 Å². The first-order chi connectivity index (χ1) is 10.0. The van der Waals surface area contributed by atoms with Crippen molar-refractivity contribution in [1.82, 2.24) is 5.32 Å². The minimum Gasteiger partial charge on any atom is -0.497 e. The number of rotatable bonds is 8. The number of esters is 1. The van der Waals surface area contributed by atoms with Crippen molar-refractivity contribution in [3.63, 3.8) is 0 Å². The maximum absolute atomic E-state index is 11.9. The van der Waals surface area contributed by atoms with E-state index in [4.69, 9.17) is 9.47 Å². The van der Waals surface area contributed by atoms with Crippen LogP contribution in [0.1, 0.15) is 32.8 Å². The van der Waals surface area contributed by atoms with Crippen molar-refractivity contribution in [1.29, 1.82) is 0 Å². The monoisotopic (exact) mass is 293 g/mol. The van der Waals surface area contributed by atoms with Gasteiger partial charge in [0, 0.05) is 6.04 Å². The first-order valence-electron chi connectivity index (χ1n) is 7.48. The van der Waals surface area contributed by atoms with Crippen LogP contribution < -0.4 is 10.1 Å². The van der Waals surface area contributed by atoms with Crippen LogP contribution >= 0.6 is 0 Å². The molecule has 3 unspecified atom stereocenters. The molecular formula is C17H27NO3. The Morgan fingerprint density at radius 2 is 1.81 bits per heavy atom. The lowest BCUT2D eigenvalue weighted by Gasteiger charge is -2.25. The molecular weight excluding hydrogens is 266 g/mol. The average Bonchev–Trinajstić information content (AvgIpc) is 2.51. The molecule has 0 radical (unpaired) electrons. The highest BCUT2D eigenvalue weighted by atomic mass is 16.5. The summed E-state index contributed by atoms with van der Waals surface area (Å²) in [5, 5.41) is 3.39. The molecule has 1 N–H and O–H groups in total. The quantitative estimate of drug-likeness (QED) is 0.749. The standard InChI is InChI=1S/C17H27NO3/c1-6-12(2)16(17(19)21-5)18-13(3)11-14-7-9-15(20-4)10-8-14/h7-10,12-13,16,18H,6,11H2,1-5H3. The summed E-state index contributed by atoms with van der Waals surface area (Å²) in [5.41, 5.74) is 1.21. The first kappa shape index (κ1) is 17.5. The van der Waals surface area contributed by atoms with Crippen molar-refractivity contribution >= 4 is 5.97 Å². The number of nitrogens with one attached hydrogen (secondary N) is 1. The molecule has 0 aromatic heterocycles. The fourth-order valence-corrected chi connectivity index (χ4v) is 2.31. The molecule has 0 aliphatic carbocycles. The van der Waals surface area contributed by atoms with Gasteiger partial charge in [0.25, 0.3) is 0 Å². The normalized spacial score (nSPS) is 15.1. The SMILES string of the molecule is CCC(C)C(NC(C)Cc1ccc(OC)cc1)C(=O)OC. The smallest absolute Gasteiger partial charge is 0.323 e. The van der Waals surface area contributed by atoms with Gasteiger partial charge in [-0.2, -0.15) is 0 Å². The van der Waals surface area contributed by atoms with Gasteiger partial charge in [-0.05, 0) is 37.0 Å². The van der Waals surface area contributed by atoms with E-state index in [2.05, 4.69) is 26.1 Å². The average molecular weight is 293 g/mol. The molecule has 1 aromatic rings. The molecule has 1 rings (SSSR count).